The molecule has 1 rings (SSSR count). The standard InChI is InChI=1S/C14H18N2O5/c1-21-11-9-15(8-10-17)14(18)7-4-12-2-5-13(6-3-12)16(19)20/h2-7,17H,8-11H2,1H3/b7-4+. The number of hydrogen-bond donors (Lipinski definition) is 1. The summed E-state index contributed by atoms with van der Waals surface area (Å²) >= 11 is 0. The van der Waals surface area contributed by atoms with Crippen LogP contribution in [0.5, 0.6) is 0 Å². The lowest BCUT2D eigenvalue weighted by molar-refractivity contribution is -0.384. The van der Waals surface area contributed by atoms with Crippen LogP contribution >= 0.6 is 0 Å². The zero-order valence-electron chi connectivity index (χ0n) is 11.8. The Morgan fingerprint density at radius 1 is 1.38 bits per heavy atom. The molecule has 0 heterocycles. The maximum absolute atomic E-state index is 12.0. The van der Waals surface area contributed by atoms with Crippen molar-refractivity contribution in [3.05, 3.63) is 46.0 Å². The number of aliphatic hydroxyl groups excluding tert-OH is 1. The molecule has 0 fully saturated rings. The average Bonchev–Trinajstić information content (AvgIpc) is 2.49. The Kier molecular flexibility index (Phi) is 7.06. The largest absolute Gasteiger partial charge is 0.395 e. The summed E-state index contributed by atoms with van der Waals surface area (Å²) in [4.78, 5) is 23.5. The van der Waals surface area contributed by atoms with E-state index in [1.807, 2.05) is 0 Å². The molecule has 1 amide bonds. The van der Waals surface area contributed by atoms with Crippen molar-refractivity contribution in [2.24, 2.45) is 0 Å². The van der Waals surface area contributed by atoms with Crippen molar-refractivity contribution >= 4 is 17.7 Å². The van der Waals surface area contributed by atoms with Crippen LogP contribution in [0, 0.1) is 10.1 Å². The number of nitro groups is 1. The minimum Gasteiger partial charge on any atom is -0.395 e. The highest BCUT2D eigenvalue weighted by Crippen LogP contribution is 2.12. The Morgan fingerprint density at radius 2 is 2.05 bits per heavy atom. The molecule has 1 aromatic rings. The maximum atomic E-state index is 12.0. The number of rotatable bonds is 8. The molecule has 0 aliphatic carbocycles. The van der Waals surface area contributed by atoms with Crippen LogP contribution in [0.3, 0.4) is 0 Å². The average molecular weight is 294 g/mol. The first-order valence-corrected chi connectivity index (χ1v) is 6.39. The lowest BCUT2D eigenvalue weighted by Crippen LogP contribution is -2.34. The van der Waals surface area contributed by atoms with Crippen LogP contribution in [0.15, 0.2) is 30.3 Å². The van der Waals surface area contributed by atoms with Crippen molar-refractivity contribution in [2.75, 3.05) is 33.4 Å². The van der Waals surface area contributed by atoms with Gasteiger partial charge in [-0.2, -0.15) is 0 Å². The summed E-state index contributed by atoms with van der Waals surface area (Å²) in [5.74, 6) is -0.251. The Bertz CT molecular complexity index is 499. The van der Waals surface area contributed by atoms with Crippen molar-refractivity contribution in [3.8, 4) is 0 Å². The highest BCUT2D eigenvalue weighted by molar-refractivity contribution is 5.91. The summed E-state index contributed by atoms with van der Waals surface area (Å²) in [5.41, 5.74) is 0.685. The van der Waals surface area contributed by atoms with E-state index in [0.29, 0.717) is 18.7 Å². The first kappa shape index (κ1) is 16.8. The van der Waals surface area contributed by atoms with Crippen LogP contribution in [0.4, 0.5) is 5.69 Å². The fourth-order valence-electron chi connectivity index (χ4n) is 1.63. The summed E-state index contributed by atoms with van der Waals surface area (Å²) in [7, 11) is 1.54. The normalized spacial score (nSPS) is 10.8. The third-order valence-electron chi connectivity index (χ3n) is 2.77. The molecule has 0 bridgehead atoms. The van der Waals surface area contributed by atoms with Crippen LogP contribution in [0.2, 0.25) is 0 Å². The number of nitrogens with zero attached hydrogens (tertiary/aromatic N) is 2. The summed E-state index contributed by atoms with van der Waals surface area (Å²) in [5, 5.41) is 19.5. The number of methoxy groups -OCH3 is 1. The molecule has 0 atom stereocenters. The topological polar surface area (TPSA) is 92.9 Å². The quantitative estimate of drug-likeness (QED) is 0.440. The van der Waals surface area contributed by atoms with Gasteiger partial charge >= 0.3 is 0 Å². The molecule has 0 aliphatic rings. The van der Waals surface area contributed by atoms with Gasteiger partial charge in [0, 0.05) is 38.4 Å². The molecule has 7 heteroatoms. The molecular formula is C14H18N2O5. The Labute approximate surface area is 122 Å². The van der Waals surface area contributed by atoms with E-state index in [4.69, 9.17) is 9.84 Å². The van der Waals surface area contributed by atoms with Crippen molar-refractivity contribution in [3.63, 3.8) is 0 Å². The second kappa shape index (κ2) is 8.83. The molecular weight excluding hydrogens is 276 g/mol. The number of carbonyl (C=O) groups excluding carboxylic acids is 1. The van der Waals surface area contributed by atoms with Crippen LogP contribution in [0.1, 0.15) is 5.56 Å². The summed E-state index contributed by atoms with van der Waals surface area (Å²) < 4.78 is 4.90. The fourth-order valence-corrected chi connectivity index (χ4v) is 1.63. The molecule has 114 valence electrons. The van der Waals surface area contributed by atoms with Gasteiger partial charge in [0.05, 0.1) is 18.1 Å². The van der Waals surface area contributed by atoms with Gasteiger partial charge in [-0.25, -0.2) is 0 Å². The molecule has 0 saturated carbocycles. The maximum Gasteiger partial charge on any atom is 0.269 e. The van der Waals surface area contributed by atoms with Gasteiger partial charge in [-0.15, -0.1) is 0 Å². The van der Waals surface area contributed by atoms with E-state index in [1.165, 1.54) is 30.2 Å². The van der Waals surface area contributed by atoms with Crippen molar-refractivity contribution < 1.29 is 19.6 Å². The Hall–Kier alpha value is -2.25. The summed E-state index contributed by atoms with van der Waals surface area (Å²) in [6, 6.07) is 5.88. The monoisotopic (exact) mass is 294 g/mol. The minimum atomic E-state index is -0.480. The van der Waals surface area contributed by atoms with E-state index in [1.54, 1.807) is 18.2 Å². The van der Waals surface area contributed by atoms with Gasteiger partial charge in [0.25, 0.3) is 5.69 Å². The first-order chi connectivity index (χ1) is 10.1. The van der Waals surface area contributed by atoms with E-state index in [2.05, 4.69) is 0 Å². The number of ether oxygens (including phenoxy) is 1. The molecule has 21 heavy (non-hydrogen) atoms. The highest BCUT2D eigenvalue weighted by atomic mass is 16.6. The SMILES string of the molecule is COCCN(CCO)C(=O)/C=C/c1ccc([N+](=O)[O-])cc1. The molecule has 0 spiro atoms. The lowest BCUT2D eigenvalue weighted by Gasteiger charge is -2.19. The Morgan fingerprint density at radius 3 is 2.57 bits per heavy atom. The highest BCUT2D eigenvalue weighted by Gasteiger charge is 2.09. The van der Waals surface area contributed by atoms with Crippen molar-refractivity contribution in [1.82, 2.24) is 4.90 Å². The molecule has 0 aliphatic heterocycles. The van der Waals surface area contributed by atoms with E-state index >= 15 is 0 Å². The second-order valence-electron chi connectivity index (χ2n) is 4.22. The number of non-ortho nitro benzene ring substituents is 1. The van der Waals surface area contributed by atoms with Gasteiger partial charge in [-0.1, -0.05) is 0 Å². The van der Waals surface area contributed by atoms with E-state index in [9.17, 15) is 14.9 Å². The van der Waals surface area contributed by atoms with Crippen LogP contribution in [0.25, 0.3) is 6.08 Å². The number of benzene rings is 1. The number of nitro benzene ring substituents is 1. The van der Waals surface area contributed by atoms with Crippen LogP contribution in [-0.4, -0.2) is 54.3 Å². The fraction of sp³-hybridized carbons (Fsp3) is 0.357. The van der Waals surface area contributed by atoms with E-state index in [0.717, 1.165) is 0 Å². The smallest absolute Gasteiger partial charge is 0.269 e. The molecule has 0 unspecified atom stereocenters. The van der Waals surface area contributed by atoms with Gasteiger partial charge < -0.3 is 14.7 Å². The second-order valence-corrected chi connectivity index (χ2v) is 4.22. The van der Waals surface area contributed by atoms with Crippen molar-refractivity contribution in [2.45, 2.75) is 0 Å². The summed E-state index contributed by atoms with van der Waals surface area (Å²) in [6.45, 7) is 0.880. The van der Waals surface area contributed by atoms with Crippen molar-refractivity contribution in [1.29, 1.82) is 0 Å². The summed E-state index contributed by atoms with van der Waals surface area (Å²) in [6.07, 6.45) is 2.94. The van der Waals surface area contributed by atoms with Gasteiger partial charge in [-0.3, -0.25) is 14.9 Å². The predicted molar refractivity (Wildman–Crippen MR) is 77.7 cm³/mol. The van der Waals surface area contributed by atoms with Gasteiger partial charge in [0.2, 0.25) is 5.91 Å². The van der Waals surface area contributed by atoms with E-state index in [-0.39, 0.29) is 24.7 Å². The molecule has 7 nitrogen and oxygen atoms in total. The van der Waals surface area contributed by atoms with Crippen LogP contribution < -0.4 is 0 Å². The number of aliphatic hydroxyl groups is 1. The molecule has 1 aromatic carbocycles. The minimum absolute atomic E-state index is 0.000443. The van der Waals surface area contributed by atoms with E-state index < -0.39 is 4.92 Å². The van der Waals surface area contributed by atoms with Gasteiger partial charge in [0.1, 0.15) is 0 Å². The molecule has 0 radical (unpaired) electrons. The third kappa shape index (κ3) is 5.72. The Balaban J connectivity index is 2.68. The van der Waals surface area contributed by atoms with Gasteiger partial charge in [-0.05, 0) is 23.8 Å². The lowest BCUT2D eigenvalue weighted by atomic mass is 10.2. The molecule has 0 saturated heterocycles. The number of amides is 1. The zero-order valence-corrected chi connectivity index (χ0v) is 11.8. The third-order valence-corrected chi connectivity index (χ3v) is 2.77. The number of hydrogen-bond acceptors (Lipinski definition) is 5. The number of carbonyl (C=O) groups is 1. The molecule has 1 N–H and O–H groups in total. The zero-order chi connectivity index (χ0) is 15.7. The van der Waals surface area contributed by atoms with Crippen LogP contribution in [-0.2, 0) is 9.53 Å². The van der Waals surface area contributed by atoms with Gasteiger partial charge in [0.15, 0.2) is 0 Å². The predicted octanol–water partition coefficient (Wildman–Crippen LogP) is 1.08. The first-order valence-electron chi connectivity index (χ1n) is 6.39. The molecule has 0 aromatic heterocycles.